The fourth-order valence-corrected chi connectivity index (χ4v) is 4.67. The summed E-state index contributed by atoms with van der Waals surface area (Å²) in [7, 11) is 0. The first-order valence-corrected chi connectivity index (χ1v) is 14.4. The Labute approximate surface area is 192 Å². The minimum atomic E-state index is 0.374. The van der Waals surface area contributed by atoms with Crippen LogP contribution in [0.5, 0.6) is 0 Å². The summed E-state index contributed by atoms with van der Waals surface area (Å²) in [6.45, 7) is 5.16. The normalized spacial score (nSPS) is 12.5. The number of rotatable bonds is 26. The standard InChI is InChI=1S/C29H60O/c1-3-4-5-6-17-20-23-26-29(2)27-24-21-18-15-13-11-9-7-8-10-12-14-16-19-22-25-28-30/h29-30H,3-28H2,1-2H3. The second kappa shape index (κ2) is 27.0. The number of hydrogen-bond acceptors (Lipinski definition) is 1. The molecule has 1 N–H and O–H groups in total. The van der Waals surface area contributed by atoms with E-state index in [1.807, 2.05) is 0 Å². The lowest BCUT2D eigenvalue weighted by Gasteiger charge is -2.11. The molecule has 1 atom stereocenters. The number of aliphatic hydroxyl groups excluding tert-OH is 1. The van der Waals surface area contributed by atoms with E-state index in [0.717, 1.165) is 12.3 Å². The predicted molar refractivity (Wildman–Crippen MR) is 137 cm³/mol. The highest BCUT2D eigenvalue weighted by atomic mass is 16.2. The predicted octanol–water partition coefficient (Wildman–Crippen LogP) is 10.4. The van der Waals surface area contributed by atoms with Crippen molar-refractivity contribution in [3.05, 3.63) is 0 Å². The molecule has 0 aromatic heterocycles. The van der Waals surface area contributed by atoms with Gasteiger partial charge in [-0.1, -0.05) is 168 Å². The second-order valence-electron chi connectivity index (χ2n) is 10.2. The smallest absolute Gasteiger partial charge is 0.0431 e. The van der Waals surface area contributed by atoms with Crippen LogP contribution in [0.2, 0.25) is 0 Å². The van der Waals surface area contributed by atoms with Gasteiger partial charge in [0.2, 0.25) is 0 Å². The van der Waals surface area contributed by atoms with Crippen molar-refractivity contribution in [2.24, 2.45) is 5.92 Å². The molecule has 0 aliphatic heterocycles. The SMILES string of the molecule is CCCCCCCCCC(C)CCCCCCCCCCCCCCCCCCO. The molecule has 30 heavy (non-hydrogen) atoms. The highest BCUT2D eigenvalue weighted by molar-refractivity contribution is 4.56. The lowest BCUT2D eigenvalue weighted by molar-refractivity contribution is 0.282. The summed E-state index contributed by atoms with van der Waals surface area (Å²) in [5, 5.41) is 8.76. The summed E-state index contributed by atoms with van der Waals surface area (Å²) in [6.07, 6.45) is 35.5. The maximum absolute atomic E-state index is 8.76. The van der Waals surface area contributed by atoms with Crippen LogP contribution in [0, 0.1) is 5.92 Å². The molecule has 0 bridgehead atoms. The third-order valence-corrected chi connectivity index (χ3v) is 6.91. The van der Waals surface area contributed by atoms with E-state index in [2.05, 4.69) is 13.8 Å². The molecular formula is C29H60O. The molecule has 0 fully saturated rings. The Morgan fingerprint density at radius 3 is 0.967 bits per heavy atom. The summed E-state index contributed by atoms with van der Waals surface area (Å²) >= 11 is 0. The van der Waals surface area contributed by atoms with Crippen LogP contribution in [0.25, 0.3) is 0 Å². The van der Waals surface area contributed by atoms with Gasteiger partial charge in [0.05, 0.1) is 0 Å². The van der Waals surface area contributed by atoms with Crippen LogP contribution >= 0.6 is 0 Å². The van der Waals surface area contributed by atoms with Crippen molar-refractivity contribution in [3.63, 3.8) is 0 Å². The van der Waals surface area contributed by atoms with Gasteiger partial charge in [-0.05, 0) is 12.3 Å². The molecule has 182 valence electrons. The maximum atomic E-state index is 8.76. The first-order chi connectivity index (χ1) is 14.8. The summed E-state index contributed by atoms with van der Waals surface area (Å²) in [6, 6.07) is 0. The van der Waals surface area contributed by atoms with Crippen LogP contribution in [0.4, 0.5) is 0 Å². The minimum absolute atomic E-state index is 0.374. The third kappa shape index (κ3) is 26.0. The molecule has 0 spiro atoms. The molecule has 0 saturated carbocycles. The average Bonchev–Trinajstić information content (AvgIpc) is 2.75. The van der Waals surface area contributed by atoms with E-state index in [9.17, 15) is 0 Å². The first kappa shape index (κ1) is 30.0. The van der Waals surface area contributed by atoms with Crippen molar-refractivity contribution in [1.29, 1.82) is 0 Å². The van der Waals surface area contributed by atoms with Gasteiger partial charge in [-0.15, -0.1) is 0 Å². The van der Waals surface area contributed by atoms with E-state index >= 15 is 0 Å². The van der Waals surface area contributed by atoms with Crippen LogP contribution in [0.3, 0.4) is 0 Å². The molecule has 1 nitrogen and oxygen atoms in total. The molecule has 0 saturated heterocycles. The minimum Gasteiger partial charge on any atom is -0.396 e. The molecule has 0 rings (SSSR count). The van der Waals surface area contributed by atoms with Crippen molar-refractivity contribution in [2.45, 2.75) is 174 Å². The van der Waals surface area contributed by atoms with Gasteiger partial charge < -0.3 is 5.11 Å². The Bertz CT molecular complexity index is 288. The fraction of sp³-hybridized carbons (Fsp3) is 1.00. The van der Waals surface area contributed by atoms with Gasteiger partial charge in [-0.25, -0.2) is 0 Å². The fourth-order valence-electron chi connectivity index (χ4n) is 4.67. The van der Waals surface area contributed by atoms with Crippen LogP contribution < -0.4 is 0 Å². The van der Waals surface area contributed by atoms with Gasteiger partial charge in [0.15, 0.2) is 0 Å². The molecule has 0 radical (unpaired) electrons. The van der Waals surface area contributed by atoms with E-state index in [-0.39, 0.29) is 0 Å². The van der Waals surface area contributed by atoms with Crippen molar-refractivity contribution in [2.75, 3.05) is 6.61 Å². The summed E-state index contributed by atoms with van der Waals surface area (Å²) in [5.41, 5.74) is 0. The van der Waals surface area contributed by atoms with Gasteiger partial charge in [-0.3, -0.25) is 0 Å². The quantitative estimate of drug-likeness (QED) is 0.137. The Balaban J connectivity index is 3.10. The zero-order chi connectivity index (χ0) is 22.0. The van der Waals surface area contributed by atoms with Crippen LogP contribution in [-0.4, -0.2) is 11.7 Å². The summed E-state index contributed by atoms with van der Waals surface area (Å²) in [4.78, 5) is 0. The molecule has 0 aliphatic carbocycles. The van der Waals surface area contributed by atoms with Gasteiger partial charge in [0.25, 0.3) is 0 Å². The first-order valence-electron chi connectivity index (χ1n) is 14.4. The molecule has 1 heteroatoms. The van der Waals surface area contributed by atoms with Gasteiger partial charge in [0.1, 0.15) is 0 Å². The molecule has 0 amide bonds. The van der Waals surface area contributed by atoms with Crippen molar-refractivity contribution >= 4 is 0 Å². The highest BCUT2D eigenvalue weighted by Gasteiger charge is 2.02. The molecule has 0 aromatic rings. The van der Waals surface area contributed by atoms with Crippen LogP contribution in [-0.2, 0) is 0 Å². The maximum Gasteiger partial charge on any atom is 0.0431 e. The zero-order valence-corrected chi connectivity index (χ0v) is 21.4. The van der Waals surface area contributed by atoms with Crippen molar-refractivity contribution in [1.82, 2.24) is 0 Å². The largest absolute Gasteiger partial charge is 0.396 e. The summed E-state index contributed by atoms with van der Waals surface area (Å²) < 4.78 is 0. The average molecular weight is 425 g/mol. The van der Waals surface area contributed by atoms with Crippen molar-refractivity contribution < 1.29 is 5.11 Å². The Hall–Kier alpha value is -0.0400. The number of hydrogen-bond donors (Lipinski definition) is 1. The molecule has 0 heterocycles. The highest BCUT2D eigenvalue weighted by Crippen LogP contribution is 2.19. The van der Waals surface area contributed by atoms with Crippen LogP contribution in [0.1, 0.15) is 174 Å². The van der Waals surface area contributed by atoms with E-state index in [0.29, 0.717) is 6.61 Å². The Kier molecular flexibility index (Phi) is 27.0. The molecular weight excluding hydrogens is 364 g/mol. The number of aliphatic hydroxyl groups is 1. The second-order valence-corrected chi connectivity index (χ2v) is 10.2. The summed E-state index contributed by atoms with van der Waals surface area (Å²) in [5.74, 6) is 0.959. The van der Waals surface area contributed by atoms with E-state index in [1.54, 1.807) is 0 Å². The molecule has 0 aliphatic rings. The van der Waals surface area contributed by atoms with Gasteiger partial charge in [0, 0.05) is 6.61 Å². The topological polar surface area (TPSA) is 20.2 Å². The van der Waals surface area contributed by atoms with E-state index < -0.39 is 0 Å². The van der Waals surface area contributed by atoms with Gasteiger partial charge in [-0.2, -0.15) is 0 Å². The lowest BCUT2D eigenvalue weighted by Crippen LogP contribution is -1.95. The van der Waals surface area contributed by atoms with Crippen LogP contribution in [0.15, 0.2) is 0 Å². The van der Waals surface area contributed by atoms with Gasteiger partial charge >= 0.3 is 0 Å². The monoisotopic (exact) mass is 424 g/mol. The zero-order valence-electron chi connectivity index (χ0n) is 21.4. The van der Waals surface area contributed by atoms with E-state index in [4.69, 9.17) is 5.11 Å². The lowest BCUT2D eigenvalue weighted by atomic mass is 9.95. The molecule has 1 unspecified atom stereocenters. The van der Waals surface area contributed by atoms with E-state index in [1.165, 1.54) is 154 Å². The molecule has 0 aromatic carbocycles. The van der Waals surface area contributed by atoms with Crippen molar-refractivity contribution in [3.8, 4) is 0 Å². The Morgan fingerprint density at radius 1 is 0.400 bits per heavy atom. The Morgan fingerprint density at radius 2 is 0.667 bits per heavy atom. The number of unbranched alkanes of at least 4 members (excludes halogenated alkanes) is 21. The third-order valence-electron chi connectivity index (χ3n) is 6.91.